The van der Waals surface area contributed by atoms with Crippen LogP contribution in [0.15, 0.2) is 42.9 Å². The SMILES string of the molecule is COc1ccc2nc(Nc3ncnc(Nc4cccnc4Cl)c3N)sc2c1. The fraction of sp³-hybridized carbons (Fsp3) is 0.0588. The molecule has 0 unspecified atom stereocenters. The van der Waals surface area contributed by atoms with Gasteiger partial charge in [-0.05, 0) is 30.3 Å². The van der Waals surface area contributed by atoms with Crippen molar-refractivity contribution in [3.8, 4) is 5.75 Å². The van der Waals surface area contributed by atoms with E-state index in [1.54, 1.807) is 25.4 Å². The van der Waals surface area contributed by atoms with E-state index >= 15 is 0 Å². The molecule has 0 aliphatic carbocycles. The number of methoxy groups -OCH3 is 1. The molecule has 3 heterocycles. The number of hydrogen-bond acceptors (Lipinski definition) is 9. The average Bonchev–Trinajstić information content (AvgIpc) is 3.08. The number of nitrogens with zero attached hydrogens (tertiary/aromatic N) is 4. The lowest BCUT2D eigenvalue weighted by atomic mass is 10.3. The molecule has 4 rings (SSSR count). The number of nitrogens with two attached hydrogens (primary N) is 1. The highest BCUT2D eigenvalue weighted by Gasteiger charge is 2.12. The highest BCUT2D eigenvalue weighted by molar-refractivity contribution is 7.22. The van der Waals surface area contributed by atoms with Crippen LogP contribution in [0.2, 0.25) is 5.15 Å². The van der Waals surface area contributed by atoms with E-state index in [0.717, 1.165) is 16.0 Å². The summed E-state index contributed by atoms with van der Waals surface area (Å²) < 4.78 is 6.24. The second-order valence-electron chi connectivity index (χ2n) is 5.43. The van der Waals surface area contributed by atoms with Gasteiger partial charge in [0.15, 0.2) is 21.9 Å². The third-order valence-electron chi connectivity index (χ3n) is 3.72. The van der Waals surface area contributed by atoms with Crippen molar-refractivity contribution in [3.05, 3.63) is 48.0 Å². The third kappa shape index (κ3) is 3.55. The number of hydrogen-bond donors (Lipinski definition) is 3. The number of fused-ring (bicyclic) bond motifs is 1. The standard InChI is InChI=1S/C17H14ClN7OS/c1-26-9-4-5-10-12(7-9)27-17(24-10)25-16-13(19)15(21-8-22-16)23-11-3-2-6-20-14(11)18/h2-8H,19H2,1H3,(H2,21,22,23,24,25). The summed E-state index contributed by atoms with van der Waals surface area (Å²) >= 11 is 7.55. The number of nitrogen functional groups attached to an aromatic ring is 1. The van der Waals surface area contributed by atoms with E-state index in [1.165, 1.54) is 17.7 Å². The van der Waals surface area contributed by atoms with Gasteiger partial charge in [0.25, 0.3) is 0 Å². The topological polar surface area (TPSA) is 111 Å². The van der Waals surface area contributed by atoms with Crippen LogP contribution in [0.1, 0.15) is 0 Å². The average molecular weight is 400 g/mol. The lowest BCUT2D eigenvalue weighted by Crippen LogP contribution is -2.05. The summed E-state index contributed by atoms with van der Waals surface area (Å²) in [5.41, 5.74) is 8.01. The van der Waals surface area contributed by atoms with Crippen molar-refractivity contribution in [2.45, 2.75) is 0 Å². The Labute approximate surface area is 163 Å². The van der Waals surface area contributed by atoms with Gasteiger partial charge in [0, 0.05) is 6.20 Å². The van der Waals surface area contributed by atoms with Gasteiger partial charge in [-0.1, -0.05) is 22.9 Å². The molecule has 4 aromatic rings. The monoisotopic (exact) mass is 399 g/mol. The Bertz CT molecular complexity index is 1120. The Morgan fingerprint density at radius 1 is 1.11 bits per heavy atom. The van der Waals surface area contributed by atoms with Crippen LogP contribution in [-0.2, 0) is 0 Å². The van der Waals surface area contributed by atoms with Gasteiger partial charge in [0.1, 0.15) is 17.8 Å². The smallest absolute Gasteiger partial charge is 0.189 e. The molecule has 0 amide bonds. The van der Waals surface area contributed by atoms with Crippen molar-refractivity contribution in [3.63, 3.8) is 0 Å². The summed E-state index contributed by atoms with van der Waals surface area (Å²) in [6.45, 7) is 0. The van der Waals surface area contributed by atoms with Gasteiger partial charge in [0.2, 0.25) is 0 Å². The van der Waals surface area contributed by atoms with Crippen LogP contribution in [0, 0.1) is 0 Å². The number of thiazole rings is 1. The number of pyridine rings is 1. The maximum absolute atomic E-state index is 6.21. The fourth-order valence-electron chi connectivity index (χ4n) is 2.39. The number of benzene rings is 1. The molecule has 10 heteroatoms. The van der Waals surface area contributed by atoms with Crippen molar-refractivity contribution in [2.24, 2.45) is 0 Å². The predicted octanol–water partition coefficient (Wildman–Crippen LogP) is 4.21. The molecule has 0 saturated carbocycles. The maximum atomic E-state index is 6.21. The fourth-order valence-corrected chi connectivity index (χ4v) is 3.45. The maximum Gasteiger partial charge on any atom is 0.189 e. The molecule has 0 atom stereocenters. The summed E-state index contributed by atoms with van der Waals surface area (Å²) in [6.07, 6.45) is 3.01. The van der Waals surface area contributed by atoms with Crippen LogP contribution in [-0.4, -0.2) is 27.0 Å². The number of rotatable bonds is 5. The quantitative estimate of drug-likeness (QED) is 0.428. The van der Waals surface area contributed by atoms with Crippen LogP contribution in [0.4, 0.5) is 28.1 Å². The van der Waals surface area contributed by atoms with Gasteiger partial charge >= 0.3 is 0 Å². The molecule has 27 heavy (non-hydrogen) atoms. The molecule has 0 saturated heterocycles. The van der Waals surface area contributed by atoms with Gasteiger partial charge in [-0.3, -0.25) is 0 Å². The minimum atomic E-state index is 0.324. The van der Waals surface area contributed by atoms with Crippen molar-refractivity contribution in [1.29, 1.82) is 0 Å². The van der Waals surface area contributed by atoms with E-state index in [-0.39, 0.29) is 0 Å². The third-order valence-corrected chi connectivity index (χ3v) is 4.95. The first kappa shape index (κ1) is 17.3. The van der Waals surface area contributed by atoms with Crippen molar-refractivity contribution < 1.29 is 4.74 Å². The molecule has 136 valence electrons. The van der Waals surface area contributed by atoms with E-state index in [2.05, 4.69) is 30.6 Å². The van der Waals surface area contributed by atoms with E-state index in [9.17, 15) is 0 Å². The normalized spacial score (nSPS) is 10.7. The number of nitrogens with one attached hydrogen (secondary N) is 2. The van der Waals surface area contributed by atoms with Crippen molar-refractivity contribution in [2.75, 3.05) is 23.5 Å². The number of aromatic nitrogens is 4. The minimum absolute atomic E-state index is 0.324. The first-order valence-electron chi connectivity index (χ1n) is 7.83. The Kier molecular flexibility index (Phi) is 4.61. The molecule has 4 N–H and O–H groups in total. The zero-order valence-electron chi connectivity index (χ0n) is 14.1. The summed E-state index contributed by atoms with van der Waals surface area (Å²) in [5.74, 6) is 1.64. The van der Waals surface area contributed by atoms with Crippen LogP contribution in [0.5, 0.6) is 5.75 Å². The zero-order valence-corrected chi connectivity index (χ0v) is 15.7. The zero-order chi connectivity index (χ0) is 18.8. The first-order valence-corrected chi connectivity index (χ1v) is 9.03. The summed E-state index contributed by atoms with van der Waals surface area (Å²) in [6, 6.07) is 9.24. The van der Waals surface area contributed by atoms with Gasteiger partial charge in [0.05, 0.1) is 23.0 Å². The largest absolute Gasteiger partial charge is 0.497 e. The molecule has 3 aromatic heterocycles. The molecule has 1 aromatic carbocycles. The molecule has 0 fully saturated rings. The Balaban J connectivity index is 1.62. The van der Waals surface area contributed by atoms with Gasteiger partial charge in [-0.25, -0.2) is 19.9 Å². The highest BCUT2D eigenvalue weighted by Crippen LogP contribution is 2.34. The predicted molar refractivity (Wildman–Crippen MR) is 108 cm³/mol. The molecule has 0 aliphatic heterocycles. The molecular formula is C17H14ClN7OS. The second-order valence-corrected chi connectivity index (χ2v) is 6.82. The summed E-state index contributed by atoms with van der Waals surface area (Å²) in [7, 11) is 1.63. The number of ether oxygens (including phenoxy) is 1. The number of anilines is 5. The van der Waals surface area contributed by atoms with Crippen LogP contribution < -0.4 is 21.1 Å². The van der Waals surface area contributed by atoms with Crippen molar-refractivity contribution in [1.82, 2.24) is 19.9 Å². The van der Waals surface area contributed by atoms with Crippen LogP contribution in [0.25, 0.3) is 10.2 Å². The minimum Gasteiger partial charge on any atom is -0.497 e. The lowest BCUT2D eigenvalue weighted by molar-refractivity contribution is 0.415. The number of halogens is 1. The van der Waals surface area contributed by atoms with Gasteiger partial charge in [-0.2, -0.15) is 0 Å². The lowest BCUT2D eigenvalue weighted by Gasteiger charge is -2.11. The highest BCUT2D eigenvalue weighted by atomic mass is 35.5. The molecule has 8 nitrogen and oxygen atoms in total. The van der Waals surface area contributed by atoms with Gasteiger partial charge in [-0.15, -0.1) is 0 Å². The molecule has 0 aliphatic rings. The van der Waals surface area contributed by atoms with E-state index in [4.69, 9.17) is 22.1 Å². The van der Waals surface area contributed by atoms with E-state index in [1.807, 2.05) is 18.2 Å². The van der Waals surface area contributed by atoms with E-state index < -0.39 is 0 Å². The Morgan fingerprint density at radius 3 is 2.70 bits per heavy atom. The summed E-state index contributed by atoms with van der Waals surface area (Å²) in [5, 5.41) is 7.19. The van der Waals surface area contributed by atoms with Crippen molar-refractivity contribution >= 4 is 61.3 Å². The molecule has 0 radical (unpaired) electrons. The molecule has 0 spiro atoms. The molecule has 0 bridgehead atoms. The molecular weight excluding hydrogens is 386 g/mol. The Morgan fingerprint density at radius 2 is 1.93 bits per heavy atom. The second kappa shape index (κ2) is 7.22. The van der Waals surface area contributed by atoms with E-state index in [0.29, 0.717) is 33.3 Å². The van der Waals surface area contributed by atoms with Crippen LogP contribution >= 0.6 is 22.9 Å². The van der Waals surface area contributed by atoms with Gasteiger partial charge < -0.3 is 21.1 Å². The first-order chi connectivity index (χ1) is 13.1. The Hall–Kier alpha value is -3.17. The summed E-state index contributed by atoms with van der Waals surface area (Å²) in [4.78, 5) is 16.9. The van der Waals surface area contributed by atoms with Crippen LogP contribution in [0.3, 0.4) is 0 Å².